The Balaban J connectivity index is 1.94. The number of benzene rings is 2. The van der Waals surface area contributed by atoms with E-state index >= 15 is 0 Å². The van der Waals surface area contributed by atoms with Gasteiger partial charge >= 0.3 is 0 Å². The second-order valence-electron chi connectivity index (χ2n) is 5.21. The van der Waals surface area contributed by atoms with Crippen molar-refractivity contribution in [3.8, 4) is 11.5 Å². The monoisotopic (exact) mass is 358 g/mol. The summed E-state index contributed by atoms with van der Waals surface area (Å²) in [5.74, 6) is 0.503. The van der Waals surface area contributed by atoms with Gasteiger partial charge in [-0.2, -0.15) is 0 Å². The molecule has 1 amide bonds. The van der Waals surface area contributed by atoms with E-state index in [2.05, 4.69) is 5.32 Å². The highest BCUT2D eigenvalue weighted by molar-refractivity contribution is 7.80. The molecule has 0 aromatic heterocycles. The number of carbonyl (C=O) groups excluding carboxylic acids is 1. The van der Waals surface area contributed by atoms with Gasteiger partial charge in [-0.05, 0) is 54.7 Å². The fraction of sp³-hybridized carbons (Fsp3) is 0.111. The summed E-state index contributed by atoms with van der Waals surface area (Å²) in [7, 11) is 3.10. The molecule has 1 saturated heterocycles. The van der Waals surface area contributed by atoms with Gasteiger partial charge < -0.3 is 14.8 Å². The minimum Gasteiger partial charge on any atom is -0.497 e. The van der Waals surface area contributed by atoms with Gasteiger partial charge in [-0.1, -0.05) is 0 Å². The van der Waals surface area contributed by atoms with E-state index in [0.29, 0.717) is 28.4 Å². The first kappa shape index (κ1) is 16.9. The highest BCUT2D eigenvalue weighted by Gasteiger charge is 2.32. The average molecular weight is 358 g/mol. The predicted molar refractivity (Wildman–Crippen MR) is 97.1 cm³/mol. The van der Waals surface area contributed by atoms with E-state index in [1.807, 2.05) is 0 Å². The molecule has 1 N–H and O–H groups in total. The van der Waals surface area contributed by atoms with E-state index in [1.165, 1.54) is 36.3 Å². The van der Waals surface area contributed by atoms with Crippen molar-refractivity contribution in [2.75, 3.05) is 19.1 Å². The van der Waals surface area contributed by atoms with Crippen LogP contribution in [0, 0.1) is 5.82 Å². The molecule has 128 valence electrons. The Kier molecular flexibility index (Phi) is 4.67. The van der Waals surface area contributed by atoms with Crippen LogP contribution in [-0.2, 0) is 4.79 Å². The maximum absolute atomic E-state index is 13.1. The van der Waals surface area contributed by atoms with Crippen LogP contribution in [0.3, 0.4) is 0 Å². The van der Waals surface area contributed by atoms with Crippen LogP contribution < -0.4 is 19.7 Å². The Morgan fingerprint density at radius 1 is 1.12 bits per heavy atom. The number of nitrogens with zero attached hydrogens (tertiary/aromatic N) is 1. The van der Waals surface area contributed by atoms with Gasteiger partial charge in [0.2, 0.25) is 0 Å². The molecule has 2 aromatic carbocycles. The van der Waals surface area contributed by atoms with Crippen molar-refractivity contribution in [3.63, 3.8) is 0 Å². The number of halogens is 1. The van der Waals surface area contributed by atoms with Crippen molar-refractivity contribution in [2.45, 2.75) is 0 Å². The molecule has 0 bridgehead atoms. The van der Waals surface area contributed by atoms with Crippen LogP contribution in [0.2, 0.25) is 0 Å². The lowest BCUT2D eigenvalue weighted by Gasteiger charge is -2.13. The molecular weight excluding hydrogens is 343 g/mol. The molecule has 25 heavy (non-hydrogen) atoms. The molecule has 0 radical (unpaired) electrons. The van der Waals surface area contributed by atoms with Crippen molar-refractivity contribution in [1.82, 2.24) is 5.32 Å². The summed E-state index contributed by atoms with van der Waals surface area (Å²) >= 11 is 5.23. The van der Waals surface area contributed by atoms with Crippen LogP contribution in [0.15, 0.2) is 48.2 Å². The lowest BCUT2D eigenvalue weighted by Crippen LogP contribution is -2.30. The minimum atomic E-state index is -0.381. The molecular formula is C18H15FN2O3S. The summed E-state index contributed by atoms with van der Waals surface area (Å²) in [5, 5.41) is 3.12. The molecule has 1 fully saturated rings. The first-order chi connectivity index (χ1) is 12.0. The Morgan fingerprint density at radius 2 is 1.84 bits per heavy atom. The highest BCUT2D eigenvalue weighted by Crippen LogP contribution is 2.28. The van der Waals surface area contributed by atoms with E-state index in [9.17, 15) is 9.18 Å². The van der Waals surface area contributed by atoms with Crippen molar-refractivity contribution < 1.29 is 18.7 Å². The molecule has 3 rings (SSSR count). The minimum absolute atomic E-state index is 0.232. The van der Waals surface area contributed by atoms with E-state index in [0.717, 1.165) is 0 Å². The number of nitrogens with one attached hydrogen (secondary N) is 1. The topological polar surface area (TPSA) is 50.8 Å². The molecule has 1 aliphatic heterocycles. The summed E-state index contributed by atoms with van der Waals surface area (Å²) in [6.07, 6.45) is 1.65. The maximum Gasteiger partial charge on any atom is 0.281 e. The van der Waals surface area contributed by atoms with E-state index in [-0.39, 0.29) is 16.8 Å². The molecule has 0 atom stereocenters. The van der Waals surface area contributed by atoms with Gasteiger partial charge in [0.05, 0.1) is 19.9 Å². The Bertz CT molecular complexity index is 865. The molecule has 2 aromatic rings. The van der Waals surface area contributed by atoms with Crippen LogP contribution in [0.5, 0.6) is 11.5 Å². The third kappa shape index (κ3) is 3.32. The summed E-state index contributed by atoms with van der Waals surface area (Å²) in [5.41, 5.74) is 1.50. The second-order valence-corrected chi connectivity index (χ2v) is 5.60. The van der Waals surface area contributed by atoms with Crippen molar-refractivity contribution in [1.29, 1.82) is 0 Å². The van der Waals surface area contributed by atoms with Crippen LogP contribution >= 0.6 is 12.2 Å². The van der Waals surface area contributed by atoms with Crippen LogP contribution in [0.4, 0.5) is 10.1 Å². The molecule has 5 nitrogen and oxygen atoms in total. The number of thiocarbonyl (C=S) groups is 1. The van der Waals surface area contributed by atoms with Gasteiger partial charge in [0, 0.05) is 11.6 Å². The average Bonchev–Trinajstić information content (AvgIpc) is 2.90. The number of amides is 1. The summed E-state index contributed by atoms with van der Waals surface area (Å²) < 4.78 is 23.6. The quantitative estimate of drug-likeness (QED) is 0.672. The molecule has 1 aliphatic rings. The largest absolute Gasteiger partial charge is 0.497 e. The lowest BCUT2D eigenvalue weighted by atomic mass is 10.1. The Morgan fingerprint density at radius 3 is 2.48 bits per heavy atom. The molecule has 0 unspecified atom stereocenters. The van der Waals surface area contributed by atoms with Gasteiger partial charge in [-0.25, -0.2) is 4.39 Å². The van der Waals surface area contributed by atoms with Crippen LogP contribution in [-0.4, -0.2) is 25.2 Å². The number of methoxy groups -OCH3 is 2. The predicted octanol–water partition coefficient (Wildman–Crippen LogP) is 3.11. The SMILES string of the molecule is COc1ccc(/C=C2/NC(=S)N(c3ccc(F)cc3)C2=O)c(OC)c1. The fourth-order valence-corrected chi connectivity index (χ4v) is 2.75. The van der Waals surface area contributed by atoms with Gasteiger partial charge in [0.25, 0.3) is 5.91 Å². The molecule has 0 spiro atoms. The van der Waals surface area contributed by atoms with Gasteiger partial charge in [0.1, 0.15) is 23.0 Å². The first-order valence-electron chi connectivity index (χ1n) is 7.38. The number of hydrogen-bond acceptors (Lipinski definition) is 4. The van der Waals surface area contributed by atoms with Crippen LogP contribution in [0.25, 0.3) is 6.08 Å². The van der Waals surface area contributed by atoms with Gasteiger partial charge in [0.15, 0.2) is 5.11 Å². The zero-order valence-electron chi connectivity index (χ0n) is 13.6. The smallest absolute Gasteiger partial charge is 0.281 e. The van der Waals surface area contributed by atoms with Crippen LogP contribution in [0.1, 0.15) is 5.56 Å². The Hall–Kier alpha value is -2.93. The number of carbonyl (C=O) groups is 1. The van der Waals surface area contributed by atoms with Crippen molar-refractivity contribution >= 4 is 35.0 Å². The standard InChI is InChI=1S/C18H15FN2O3S/c1-23-14-8-3-11(16(10-14)24-2)9-15-17(22)21(18(25)20-15)13-6-4-12(19)5-7-13/h3-10H,1-2H3,(H,20,25)/b15-9+. The maximum atomic E-state index is 13.1. The summed E-state index contributed by atoms with van der Waals surface area (Å²) in [6, 6.07) is 10.8. The number of hydrogen-bond donors (Lipinski definition) is 1. The molecule has 0 saturated carbocycles. The van der Waals surface area contributed by atoms with Gasteiger partial charge in [-0.15, -0.1) is 0 Å². The lowest BCUT2D eigenvalue weighted by molar-refractivity contribution is -0.113. The molecule has 1 heterocycles. The number of rotatable bonds is 4. The van der Waals surface area contributed by atoms with Crippen molar-refractivity contribution in [2.24, 2.45) is 0 Å². The highest BCUT2D eigenvalue weighted by atomic mass is 32.1. The second kappa shape index (κ2) is 6.90. The van der Waals surface area contributed by atoms with E-state index in [4.69, 9.17) is 21.7 Å². The zero-order valence-corrected chi connectivity index (χ0v) is 14.4. The zero-order chi connectivity index (χ0) is 18.0. The first-order valence-corrected chi connectivity index (χ1v) is 7.79. The van der Waals surface area contributed by atoms with Gasteiger partial charge in [-0.3, -0.25) is 9.69 Å². The summed E-state index contributed by atoms with van der Waals surface area (Å²) in [6.45, 7) is 0. The fourth-order valence-electron chi connectivity index (χ4n) is 2.45. The van der Waals surface area contributed by atoms with E-state index < -0.39 is 0 Å². The normalized spacial score (nSPS) is 15.5. The van der Waals surface area contributed by atoms with E-state index in [1.54, 1.807) is 31.4 Å². The number of ether oxygens (including phenoxy) is 2. The Labute approximate surface area is 149 Å². The molecule has 0 aliphatic carbocycles. The van der Waals surface area contributed by atoms with Crippen molar-refractivity contribution in [3.05, 3.63) is 59.5 Å². The third-order valence-corrected chi connectivity index (χ3v) is 3.99. The third-order valence-electron chi connectivity index (χ3n) is 3.70. The summed E-state index contributed by atoms with van der Waals surface area (Å²) in [4.78, 5) is 14.0. The molecule has 7 heteroatoms. The number of anilines is 1.